The number of aryl methyl sites for hydroxylation is 2. The third-order valence-electron chi connectivity index (χ3n) is 6.66. The van der Waals surface area contributed by atoms with Crippen LogP contribution in [0.4, 0.5) is 10.6 Å². The van der Waals surface area contributed by atoms with Crippen LogP contribution in [-0.2, 0) is 16.8 Å². The Morgan fingerprint density at radius 3 is 2.32 bits per heavy atom. The van der Waals surface area contributed by atoms with Gasteiger partial charge in [-0.25, -0.2) is 9.78 Å². The molecule has 0 bridgehead atoms. The first-order chi connectivity index (χ1) is 16.2. The highest BCUT2D eigenvalue weighted by Gasteiger charge is 2.47. The van der Waals surface area contributed by atoms with Gasteiger partial charge in [0.25, 0.3) is 11.8 Å². The fraction of sp³-hybridized carbons (Fsp3) is 0.462. The molecule has 2 aromatic rings. The van der Waals surface area contributed by atoms with E-state index in [-0.39, 0.29) is 17.7 Å². The number of piperazine rings is 1. The van der Waals surface area contributed by atoms with Crippen LogP contribution in [0, 0.1) is 12.8 Å². The molecule has 34 heavy (non-hydrogen) atoms. The number of anilines is 1. The monoisotopic (exact) mass is 463 g/mol. The lowest BCUT2D eigenvalue weighted by Gasteiger charge is -2.36. The maximum Gasteiger partial charge on any atom is 0.322 e. The summed E-state index contributed by atoms with van der Waals surface area (Å²) < 4.78 is 0. The molecule has 2 fully saturated rings. The van der Waals surface area contributed by atoms with Gasteiger partial charge in [0.05, 0.1) is 0 Å². The molecule has 3 heterocycles. The highest BCUT2D eigenvalue weighted by atomic mass is 16.2. The van der Waals surface area contributed by atoms with Crippen LogP contribution >= 0.6 is 0 Å². The first-order valence-electron chi connectivity index (χ1n) is 12.0. The quantitative estimate of drug-likeness (QED) is 0.643. The van der Waals surface area contributed by atoms with E-state index in [1.54, 1.807) is 24.3 Å². The lowest BCUT2D eigenvalue weighted by atomic mass is 9.82. The van der Waals surface area contributed by atoms with Gasteiger partial charge >= 0.3 is 6.03 Å². The molecule has 2 N–H and O–H groups in total. The Hall–Kier alpha value is -3.42. The van der Waals surface area contributed by atoms with Crippen LogP contribution in [0.25, 0.3) is 0 Å². The van der Waals surface area contributed by atoms with E-state index in [0.717, 1.165) is 30.9 Å². The lowest BCUT2D eigenvalue weighted by molar-refractivity contribution is -0.124. The van der Waals surface area contributed by atoms with Crippen molar-refractivity contribution in [3.05, 3.63) is 58.8 Å². The number of rotatable bonds is 6. The molecular formula is C26H33N5O3. The van der Waals surface area contributed by atoms with Crippen LogP contribution in [0.15, 0.2) is 36.5 Å². The molecule has 180 valence electrons. The van der Waals surface area contributed by atoms with E-state index in [9.17, 15) is 14.4 Å². The molecule has 0 radical (unpaired) electrons. The third-order valence-corrected chi connectivity index (χ3v) is 6.66. The number of urea groups is 1. The summed E-state index contributed by atoms with van der Waals surface area (Å²) in [5.41, 5.74) is 2.54. The van der Waals surface area contributed by atoms with Crippen molar-refractivity contribution in [1.82, 2.24) is 20.5 Å². The summed E-state index contributed by atoms with van der Waals surface area (Å²) in [6.45, 7) is 10.9. The van der Waals surface area contributed by atoms with Crippen molar-refractivity contribution in [3.63, 3.8) is 0 Å². The molecule has 4 rings (SSSR count). The number of nitrogens with one attached hydrogen (secondary N) is 2. The van der Waals surface area contributed by atoms with Gasteiger partial charge in [-0.15, -0.1) is 0 Å². The van der Waals surface area contributed by atoms with E-state index in [2.05, 4.69) is 40.4 Å². The summed E-state index contributed by atoms with van der Waals surface area (Å²) in [6, 6.07) is 8.75. The first kappa shape index (κ1) is 23.7. The molecule has 2 aliphatic heterocycles. The molecule has 8 heteroatoms. The number of hydrogen-bond donors (Lipinski definition) is 2. The molecule has 2 aliphatic rings. The Labute approximate surface area is 200 Å². The summed E-state index contributed by atoms with van der Waals surface area (Å²) in [7, 11) is 0. The second kappa shape index (κ2) is 9.44. The van der Waals surface area contributed by atoms with Crippen LogP contribution in [0.3, 0.4) is 0 Å². The smallest absolute Gasteiger partial charge is 0.322 e. The second-order valence-electron chi connectivity index (χ2n) is 9.61. The molecule has 0 spiro atoms. The minimum Gasteiger partial charge on any atom is -0.353 e. The number of benzene rings is 1. The number of aromatic nitrogens is 1. The molecule has 2 saturated heterocycles. The Balaban J connectivity index is 1.44. The van der Waals surface area contributed by atoms with E-state index in [1.807, 2.05) is 24.9 Å². The van der Waals surface area contributed by atoms with Gasteiger partial charge in [-0.1, -0.05) is 39.0 Å². The topological polar surface area (TPSA) is 94.6 Å². The molecule has 8 nitrogen and oxygen atoms in total. The average Bonchev–Trinajstić information content (AvgIpc) is 3.11. The normalized spacial score (nSPS) is 20.5. The summed E-state index contributed by atoms with van der Waals surface area (Å²) in [5, 5.41) is 5.16. The number of nitrogens with zero attached hydrogens (tertiary/aromatic N) is 3. The van der Waals surface area contributed by atoms with Gasteiger partial charge in [0.2, 0.25) is 0 Å². The van der Waals surface area contributed by atoms with E-state index < -0.39 is 11.6 Å². The van der Waals surface area contributed by atoms with Crippen LogP contribution in [0.1, 0.15) is 54.2 Å². The van der Waals surface area contributed by atoms with Gasteiger partial charge in [0.1, 0.15) is 11.4 Å². The average molecular weight is 464 g/mol. The highest BCUT2D eigenvalue weighted by molar-refractivity contribution is 6.07. The number of pyridine rings is 1. The molecular weight excluding hydrogens is 430 g/mol. The zero-order valence-electron chi connectivity index (χ0n) is 20.4. The molecule has 1 atom stereocenters. The maximum absolute atomic E-state index is 13.1. The van der Waals surface area contributed by atoms with Crippen molar-refractivity contribution in [2.45, 2.75) is 46.1 Å². The fourth-order valence-electron chi connectivity index (χ4n) is 4.92. The molecule has 0 saturated carbocycles. The fourth-order valence-corrected chi connectivity index (χ4v) is 4.92. The summed E-state index contributed by atoms with van der Waals surface area (Å²) >= 11 is 0. The van der Waals surface area contributed by atoms with Crippen molar-refractivity contribution in [2.24, 2.45) is 5.92 Å². The Morgan fingerprint density at radius 1 is 1.12 bits per heavy atom. The highest BCUT2D eigenvalue weighted by Crippen LogP contribution is 2.32. The predicted octanol–water partition coefficient (Wildman–Crippen LogP) is 3.00. The summed E-state index contributed by atoms with van der Waals surface area (Å²) in [5.74, 6) is 0.798. The lowest BCUT2D eigenvalue weighted by Crippen LogP contribution is -2.49. The SMILES string of the molecule is CCc1cnc(N2CCN(C(=O)c3ccc(C4(CC(C)C)NC(=O)NC4=O)cc3)CC2)c(C)c1. The van der Waals surface area contributed by atoms with Crippen molar-refractivity contribution in [3.8, 4) is 0 Å². The Bertz CT molecular complexity index is 1090. The first-order valence-corrected chi connectivity index (χ1v) is 12.0. The Morgan fingerprint density at radius 2 is 1.79 bits per heavy atom. The predicted molar refractivity (Wildman–Crippen MR) is 131 cm³/mol. The summed E-state index contributed by atoms with van der Waals surface area (Å²) in [4.78, 5) is 46.4. The maximum atomic E-state index is 13.1. The van der Waals surface area contributed by atoms with E-state index in [4.69, 9.17) is 0 Å². The van der Waals surface area contributed by atoms with Gasteiger partial charge in [-0.2, -0.15) is 0 Å². The van der Waals surface area contributed by atoms with Crippen molar-refractivity contribution < 1.29 is 14.4 Å². The van der Waals surface area contributed by atoms with Gasteiger partial charge in [0, 0.05) is 37.9 Å². The number of hydrogen-bond acceptors (Lipinski definition) is 5. The largest absolute Gasteiger partial charge is 0.353 e. The van der Waals surface area contributed by atoms with Crippen molar-refractivity contribution in [1.29, 1.82) is 0 Å². The Kier molecular flexibility index (Phi) is 6.59. The number of carbonyl (C=O) groups excluding carboxylic acids is 3. The van der Waals surface area contributed by atoms with Crippen LogP contribution in [-0.4, -0.2) is 53.9 Å². The zero-order chi connectivity index (χ0) is 24.5. The van der Waals surface area contributed by atoms with E-state index in [1.165, 1.54) is 5.56 Å². The van der Waals surface area contributed by atoms with E-state index >= 15 is 0 Å². The third kappa shape index (κ3) is 4.49. The van der Waals surface area contributed by atoms with Gasteiger partial charge in [-0.3, -0.25) is 14.9 Å². The molecule has 1 aromatic carbocycles. The molecule has 1 aromatic heterocycles. The number of amides is 4. The molecule has 0 aliphatic carbocycles. The molecule has 4 amide bonds. The summed E-state index contributed by atoms with van der Waals surface area (Å²) in [6.07, 6.45) is 3.37. The minimum absolute atomic E-state index is 0.0324. The standard InChI is InChI=1S/C26H33N5O3/c1-5-19-14-18(4)22(27-16-19)30-10-12-31(13-11-30)23(32)20-6-8-21(9-7-20)26(15-17(2)3)24(33)28-25(34)29-26/h6-9,14,16-17H,5,10-13,15H2,1-4H3,(H2,28,29,33,34). The number of carbonyl (C=O) groups is 3. The van der Waals surface area contributed by atoms with Gasteiger partial charge < -0.3 is 15.1 Å². The van der Waals surface area contributed by atoms with Crippen molar-refractivity contribution in [2.75, 3.05) is 31.1 Å². The number of imide groups is 1. The van der Waals surface area contributed by atoms with Crippen LogP contribution in [0.5, 0.6) is 0 Å². The van der Waals surface area contributed by atoms with Crippen LogP contribution in [0.2, 0.25) is 0 Å². The van der Waals surface area contributed by atoms with Crippen molar-refractivity contribution >= 4 is 23.7 Å². The van der Waals surface area contributed by atoms with Gasteiger partial charge in [0.15, 0.2) is 0 Å². The van der Waals surface area contributed by atoms with E-state index in [0.29, 0.717) is 30.6 Å². The second-order valence-corrected chi connectivity index (χ2v) is 9.61. The minimum atomic E-state index is -1.10. The van der Waals surface area contributed by atoms with Gasteiger partial charge in [-0.05, 0) is 54.5 Å². The molecule has 1 unspecified atom stereocenters. The van der Waals surface area contributed by atoms with Crippen LogP contribution < -0.4 is 15.5 Å². The zero-order valence-corrected chi connectivity index (χ0v) is 20.4.